The number of carboxylic acid groups (broad SMARTS) is 1. The Morgan fingerprint density at radius 2 is 1.96 bits per heavy atom. The van der Waals surface area contributed by atoms with Gasteiger partial charge in [0.2, 0.25) is 0 Å². The summed E-state index contributed by atoms with van der Waals surface area (Å²) in [5, 5.41) is 31.9. The summed E-state index contributed by atoms with van der Waals surface area (Å²) in [5.74, 6) is -2.94. The number of alkyl halides is 1. The van der Waals surface area contributed by atoms with E-state index in [0.717, 1.165) is 0 Å². The lowest BCUT2D eigenvalue weighted by Crippen LogP contribution is -2.69. The number of rotatable bonds is 1. The van der Waals surface area contributed by atoms with Gasteiger partial charge in [0.1, 0.15) is 0 Å². The molecule has 3 N–H and O–H groups in total. The first-order chi connectivity index (χ1) is 12.4. The van der Waals surface area contributed by atoms with E-state index in [-0.39, 0.29) is 18.1 Å². The summed E-state index contributed by atoms with van der Waals surface area (Å²) >= 11 is 0. The third-order valence-electron chi connectivity index (χ3n) is 8.55. The van der Waals surface area contributed by atoms with Crippen molar-refractivity contribution in [2.45, 2.75) is 63.8 Å². The van der Waals surface area contributed by atoms with Crippen molar-refractivity contribution in [2.75, 3.05) is 0 Å². The van der Waals surface area contributed by atoms with Crippen LogP contribution in [0.4, 0.5) is 4.39 Å². The van der Waals surface area contributed by atoms with Crippen LogP contribution in [0.25, 0.3) is 0 Å². The number of carboxylic acids is 1. The highest BCUT2D eigenvalue weighted by Gasteiger charge is 2.76. The Morgan fingerprint density at radius 1 is 1.30 bits per heavy atom. The fourth-order valence-electron chi connectivity index (χ4n) is 7.00. The fourth-order valence-corrected chi connectivity index (χ4v) is 7.00. The molecule has 8 atom stereocenters. The number of aliphatic hydroxyl groups excluding tert-OH is 1. The number of ketones is 1. The van der Waals surface area contributed by atoms with E-state index < -0.39 is 46.0 Å². The summed E-state index contributed by atoms with van der Waals surface area (Å²) in [6.45, 7) is 5.10. The lowest BCUT2D eigenvalue weighted by molar-refractivity contribution is -0.225. The molecular formula is C21H27FO5. The number of hydrogen-bond acceptors (Lipinski definition) is 4. The zero-order chi connectivity index (χ0) is 20.0. The van der Waals surface area contributed by atoms with E-state index >= 15 is 4.39 Å². The van der Waals surface area contributed by atoms with Gasteiger partial charge in [-0.05, 0) is 56.6 Å². The SMILES string of the molecule is C[C@@H]1C[C@H]2C3CCC4=CC(=O)C=C[C@]4(C)[C@@]3(F)C(O)C[C@]2(C)[C@@]1(O)C(=O)O. The molecule has 0 aromatic rings. The van der Waals surface area contributed by atoms with E-state index in [9.17, 15) is 24.9 Å². The van der Waals surface area contributed by atoms with Crippen LogP contribution in [0, 0.1) is 28.6 Å². The second kappa shape index (κ2) is 5.29. The topological polar surface area (TPSA) is 94.8 Å². The summed E-state index contributed by atoms with van der Waals surface area (Å²) in [5.41, 5.74) is -5.51. The average Bonchev–Trinajstić information content (AvgIpc) is 2.79. The Balaban J connectivity index is 1.85. The average molecular weight is 378 g/mol. The molecule has 0 saturated heterocycles. The Hall–Kier alpha value is -1.53. The number of carbonyl (C=O) groups is 2. The number of fused-ring (bicyclic) bond motifs is 5. The highest BCUT2D eigenvalue weighted by Crippen LogP contribution is 2.70. The standard InChI is InChI=1S/C21H27FO5/c1-11-8-15-14-5-4-12-9-13(23)6-7-18(12,2)20(14,22)16(24)10-19(15,3)21(11,27)17(25)26/h6-7,9,11,14-16,24,27H,4-5,8,10H2,1-3H3,(H,25,26)/t11-,14?,15+,16?,18+,19+,20+,21+/m1/s1. The summed E-state index contributed by atoms with van der Waals surface area (Å²) in [6, 6.07) is 0. The Morgan fingerprint density at radius 3 is 2.59 bits per heavy atom. The van der Waals surface area contributed by atoms with Gasteiger partial charge in [0.25, 0.3) is 0 Å². The Labute approximate surface area is 158 Å². The molecule has 0 aromatic heterocycles. The minimum absolute atomic E-state index is 0.123. The zero-order valence-electron chi connectivity index (χ0n) is 15.9. The van der Waals surface area contributed by atoms with Crippen LogP contribution in [0.2, 0.25) is 0 Å². The van der Waals surface area contributed by atoms with E-state index in [2.05, 4.69) is 0 Å². The Bertz CT molecular complexity index is 789. The molecule has 27 heavy (non-hydrogen) atoms. The minimum atomic E-state index is -2.00. The van der Waals surface area contributed by atoms with E-state index in [4.69, 9.17) is 0 Å². The second-order valence-corrected chi connectivity index (χ2v) is 9.47. The van der Waals surface area contributed by atoms with E-state index in [1.54, 1.807) is 26.8 Å². The van der Waals surface area contributed by atoms with Crippen LogP contribution in [0.15, 0.2) is 23.8 Å². The van der Waals surface area contributed by atoms with E-state index in [1.807, 2.05) is 0 Å². The largest absolute Gasteiger partial charge is 0.479 e. The molecule has 148 valence electrons. The van der Waals surface area contributed by atoms with Crippen molar-refractivity contribution in [1.82, 2.24) is 0 Å². The molecule has 4 rings (SSSR count). The molecular weight excluding hydrogens is 351 g/mol. The van der Waals surface area contributed by atoms with Gasteiger partial charge in [-0.25, -0.2) is 9.18 Å². The van der Waals surface area contributed by atoms with Crippen LogP contribution in [0.3, 0.4) is 0 Å². The third-order valence-corrected chi connectivity index (χ3v) is 8.55. The maximum Gasteiger partial charge on any atom is 0.336 e. The smallest absolute Gasteiger partial charge is 0.336 e. The van der Waals surface area contributed by atoms with Gasteiger partial charge in [-0.1, -0.05) is 25.5 Å². The predicted molar refractivity (Wildman–Crippen MR) is 95.5 cm³/mol. The first-order valence-corrected chi connectivity index (χ1v) is 9.70. The van der Waals surface area contributed by atoms with Crippen LogP contribution in [-0.4, -0.2) is 44.4 Å². The van der Waals surface area contributed by atoms with E-state index in [1.165, 1.54) is 12.2 Å². The molecule has 2 unspecified atom stereocenters. The van der Waals surface area contributed by atoms with Gasteiger partial charge in [-0.3, -0.25) is 4.79 Å². The zero-order valence-corrected chi connectivity index (χ0v) is 15.9. The maximum absolute atomic E-state index is 16.8. The molecule has 3 fully saturated rings. The molecule has 0 radical (unpaired) electrons. The highest BCUT2D eigenvalue weighted by atomic mass is 19.1. The van der Waals surface area contributed by atoms with Gasteiger partial charge in [0.05, 0.1) is 6.10 Å². The third kappa shape index (κ3) is 1.91. The maximum atomic E-state index is 16.8. The van der Waals surface area contributed by atoms with Crippen LogP contribution in [0.1, 0.15) is 46.5 Å². The molecule has 0 aliphatic heterocycles. The van der Waals surface area contributed by atoms with Crippen molar-refractivity contribution in [3.05, 3.63) is 23.8 Å². The van der Waals surface area contributed by atoms with Crippen molar-refractivity contribution < 1.29 is 29.3 Å². The van der Waals surface area contributed by atoms with Crippen LogP contribution >= 0.6 is 0 Å². The lowest BCUT2D eigenvalue weighted by Gasteiger charge is -2.62. The van der Waals surface area contributed by atoms with Crippen molar-refractivity contribution in [3.63, 3.8) is 0 Å². The second-order valence-electron chi connectivity index (χ2n) is 9.47. The van der Waals surface area contributed by atoms with Gasteiger partial charge in [-0.2, -0.15) is 0 Å². The van der Waals surface area contributed by atoms with Crippen LogP contribution in [-0.2, 0) is 9.59 Å². The molecule has 5 nitrogen and oxygen atoms in total. The number of allylic oxidation sites excluding steroid dienone is 4. The summed E-state index contributed by atoms with van der Waals surface area (Å²) in [6.07, 6.45) is 4.22. The molecule has 3 saturated carbocycles. The van der Waals surface area contributed by atoms with Gasteiger partial charge in [0.15, 0.2) is 17.1 Å². The number of halogens is 1. The van der Waals surface area contributed by atoms with Crippen LogP contribution < -0.4 is 0 Å². The monoisotopic (exact) mass is 378 g/mol. The number of aliphatic hydroxyl groups is 2. The molecule has 6 heteroatoms. The molecule has 0 heterocycles. The Kier molecular flexibility index (Phi) is 3.69. The molecule has 4 aliphatic carbocycles. The van der Waals surface area contributed by atoms with Crippen molar-refractivity contribution in [3.8, 4) is 0 Å². The van der Waals surface area contributed by atoms with E-state index in [0.29, 0.717) is 24.8 Å². The van der Waals surface area contributed by atoms with Gasteiger partial charge >= 0.3 is 5.97 Å². The van der Waals surface area contributed by atoms with Crippen molar-refractivity contribution in [1.29, 1.82) is 0 Å². The van der Waals surface area contributed by atoms with Gasteiger partial charge < -0.3 is 15.3 Å². The predicted octanol–water partition coefficient (Wildman–Crippen LogP) is 2.42. The summed E-state index contributed by atoms with van der Waals surface area (Å²) < 4.78 is 16.8. The van der Waals surface area contributed by atoms with Crippen molar-refractivity contribution >= 4 is 11.8 Å². The summed E-state index contributed by atoms with van der Waals surface area (Å²) in [7, 11) is 0. The minimum Gasteiger partial charge on any atom is -0.479 e. The number of carbonyl (C=O) groups excluding carboxylic acids is 1. The normalized spacial score (nSPS) is 54.0. The van der Waals surface area contributed by atoms with Crippen LogP contribution in [0.5, 0.6) is 0 Å². The van der Waals surface area contributed by atoms with Crippen molar-refractivity contribution in [2.24, 2.45) is 28.6 Å². The molecule has 0 bridgehead atoms. The molecule has 0 spiro atoms. The summed E-state index contributed by atoms with van der Waals surface area (Å²) in [4.78, 5) is 23.8. The lowest BCUT2D eigenvalue weighted by atomic mass is 9.45. The first-order valence-electron chi connectivity index (χ1n) is 9.70. The molecule has 0 aromatic carbocycles. The highest BCUT2D eigenvalue weighted by molar-refractivity contribution is 6.01. The molecule has 4 aliphatic rings. The molecule has 0 amide bonds. The van der Waals surface area contributed by atoms with Gasteiger partial charge in [-0.15, -0.1) is 0 Å². The first kappa shape index (κ1) is 18.8. The number of aliphatic carboxylic acids is 1. The number of hydrogen-bond donors (Lipinski definition) is 3. The fraction of sp³-hybridized carbons (Fsp3) is 0.714. The quantitative estimate of drug-likeness (QED) is 0.651. The van der Waals surface area contributed by atoms with Gasteiger partial charge in [0, 0.05) is 16.7 Å².